The summed E-state index contributed by atoms with van der Waals surface area (Å²) in [5.74, 6) is 0.461. The van der Waals surface area contributed by atoms with E-state index in [0.29, 0.717) is 18.1 Å². The molecule has 0 saturated heterocycles. The molecule has 2 aromatic carbocycles. The number of benzene rings is 2. The molecule has 5 nitrogen and oxygen atoms in total. The van der Waals surface area contributed by atoms with Crippen LogP contribution in [-0.2, 0) is 6.54 Å². The maximum Gasteiger partial charge on any atom is 0.274 e. The molecule has 0 radical (unpaired) electrons. The summed E-state index contributed by atoms with van der Waals surface area (Å²) in [4.78, 5) is 23.0. The molecule has 3 rings (SSSR count). The summed E-state index contributed by atoms with van der Waals surface area (Å²) < 4.78 is 0. The van der Waals surface area contributed by atoms with Crippen molar-refractivity contribution in [2.24, 2.45) is 0 Å². The van der Waals surface area contributed by atoms with Crippen molar-refractivity contribution >= 4 is 17.4 Å². The van der Waals surface area contributed by atoms with Gasteiger partial charge in [-0.2, -0.15) is 0 Å². The largest absolute Gasteiger partial charge is 0.355 e. The van der Waals surface area contributed by atoms with Crippen molar-refractivity contribution in [1.29, 1.82) is 0 Å². The number of amides is 1. The van der Waals surface area contributed by atoms with E-state index in [0.717, 1.165) is 16.8 Å². The van der Waals surface area contributed by atoms with Crippen LogP contribution in [0.1, 0.15) is 27.2 Å². The first-order valence-electron chi connectivity index (χ1n) is 8.48. The van der Waals surface area contributed by atoms with Crippen LogP contribution in [0.2, 0.25) is 0 Å². The predicted octanol–water partition coefficient (Wildman–Crippen LogP) is 3.98. The van der Waals surface area contributed by atoms with Crippen LogP contribution in [0, 0.1) is 13.8 Å². The second kappa shape index (κ2) is 7.78. The van der Waals surface area contributed by atoms with Gasteiger partial charge in [0.2, 0.25) is 0 Å². The standard InChI is InChI=1S/C21H22N4O/c1-15-9-10-18(16(2)11-15)24-21(26)19-12-20(23-14-22-19)25(3)13-17-7-5-4-6-8-17/h4-12,14H,13H2,1-3H3,(H,24,26). The van der Waals surface area contributed by atoms with Crippen molar-refractivity contribution in [3.05, 3.63) is 83.3 Å². The highest BCUT2D eigenvalue weighted by molar-refractivity contribution is 6.03. The lowest BCUT2D eigenvalue weighted by molar-refractivity contribution is 0.102. The van der Waals surface area contributed by atoms with Gasteiger partial charge in [-0.15, -0.1) is 0 Å². The molecule has 0 aliphatic carbocycles. The number of aryl methyl sites for hydroxylation is 2. The van der Waals surface area contributed by atoms with Crippen molar-refractivity contribution in [2.75, 3.05) is 17.3 Å². The Morgan fingerprint density at radius 3 is 2.54 bits per heavy atom. The molecule has 0 fully saturated rings. The minimum Gasteiger partial charge on any atom is -0.355 e. The molecular formula is C21H22N4O. The molecule has 132 valence electrons. The van der Waals surface area contributed by atoms with Crippen LogP contribution in [0.25, 0.3) is 0 Å². The summed E-state index contributed by atoms with van der Waals surface area (Å²) in [6, 6.07) is 17.8. The van der Waals surface area contributed by atoms with Crippen LogP contribution in [0.3, 0.4) is 0 Å². The SMILES string of the molecule is Cc1ccc(NC(=O)c2cc(N(C)Cc3ccccc3)ncn2)c(C)c1. The lowest BCUT2D eigenvalue weighted by atomic mass is 10.1. The molecule has 1 amide bonds. The number of aromatic nitrogens is 2. The van der Waals surface area contributed by atoms with E-state index >= 15 is 0 Å². The number of nitrogens with zero attached hydrogens (tertiary/aromatic N) is 3. The molecule has 1 heterocycles. The van der Waals surface area contributed by atoms with Gasteiger partial charge in [0.15, 0.2) is 0 Å². The minimum atomic E-state index is -0.242. The quantitative estimate of drug-likeness (QED) is 0.759. The number of hydrogen-bond acceptors (Lipinski definition) is 4. The van der Waals surface area contributed by atoms with Crippen LogP contribution >= 0.6 is 0 Å². The van der Waals surface area contributed by atoms with Crippen LogP contribution in [-0.4, -0.2) is 22.9 Å². The van der Waals surface area contributed by atoms with Gasteiger partial charge in [-0.3, -0.25) is 4.79 Å². The molecule has 0 atom stereocenters. The van der Waals surface area contributed by atoms with E-state index in [1.165, 1.54) is 11.9 Å². The molecule has 1 N–H and O–H groups in total. The van der Waals surface area contributed by atoms with Crippen molar-refractivity contribution in [3.63, 3.8) is 0 Å². The van der Waals surface area contributed by atoms with E-state index in [2.05, 4.69) is 27.4 Å². The molecule has 26 heavy (non-hydrogen) atoms. The van der Waals surface area contributed by atoms with E-state index in [-0.39, 0.29) is 5.91 Å². The average molecular weight is 346 g/mol. The number of nitrogens with one attached hydrogen (secondary N) is 1. The Kier molecular flexibility index (Phi) is 5.27. The summed E-state index contributed by atoms with van der Waals surface area (Å²) in [7, 11) is 1.95. The molecule has 0 aliphatic rings. The van der Waals surface area contributed by atoms with E-state index in [4.69, 9.17) is 0 Å². The van der Waals surface area contributed by atoms with Gasteiger partial charge in [-0.05, 0) is 31.0 Å². The molecule has 0 spiro atoms. The molecule has 0 unspecified atom stereocenters. The first-order valence-corrected chi connectivity index (χ1v) is 8.48. The molecule has 0 aliphatic heterocycles. The monoisotopic (exact) mass is 346 g/mol. The average Bonchev–Trinajstić information content (AvgIpc) is 2.65. The van der Waals surface area contributed by atoms with Gasteiger partial charge in [-0.25, -0.2) is 9.97 Å². The van der Waals surface area contributed by atoms with E-state index in [1.807, 2.05) is 62.2 Å². The maximum atomic E-state index is 12.6. The van der Waals surface area contributed by atoms with E-state index < -0.39 is 0 Å². The number of rotatable bonds is 5. The zero-order valence-electron chi connectivity index (χ0n) is 15.2. The fourth-order valence-electron chi connectivity index (χ4n) is 2.76. The van der Waals surface area contributed by atoms with Gasteiger partial charge >= 0.3 is 0 Å². The second-order valence-electron chi connectivity index (χ2n) is 6.38. The Morgan fingerprint density at radius 2 is 1.81 bits per heavy atom. The molecule has 1 aromatic heterocycles. The first-order chi connectivity index (χ1) is 12.5. The Bertz CT molecular complexity index is 909. The highest BCUT2D eigenvalue weighted by atomic mass is 16.1. The van der Waals surface area contributed by atoms with E-state index in [1.54, 1.807) is 6.07 Å². The zero-order chi connectivity index (χ0) is 18.5. The Morgan fingerprint density at radius 1 is 1.04 bits per heavy atom. The number of carbonyl (C=O) groups excluding carboxylic acids is 1. The van der Waals surface area contributed by atoms with Crippen LogP contribution in [0.4, 0.5) is 11.5 Å². The summed E-state index contributed by atoms with van der Waals surface area (Å²) in [6.07, 6.45) is 1.42. The van der Waals surface area contributed by atoms with Gasteiger partial charge in [-0.1, -0.05) is 48.0 Å². The number of hydrogen-bond donors (Lipinski definition) is 1. The molecule has 0 bridgehead atoms. The van der Waals surface area contributed by atoms with Gasteiger partial charge in [0.1, 0.15) is 17.8 Å². The van der Waals surface area contributed by atoms with Crippen molar-refractivity contribution in [3.8, 4) is 0 Å². The van der Waals surface area contributed by atoms with Crippen molar-refractivity contribution < 1.29 is 4.79 Å². The Hall–Kier alpha value is -3.21. The third-order valence-electron chi connectivity index (χ3n) is 4.17. The fourth-order valence-corrected chi connectivity index (χ4v) is 2.76. The van der Waals surface area contributed by atoms with E-state index in [9.17, 15) is 4.79 Å². The smallest absolute Gasteiger partial charge is 0.274 e. The minimum absolute atomic E-state index is 0.242. The summed E-state index contributed by atoms with van der Waals surface area (Å²) in [5, 5.41) is 2.92. The topological polar surface area (TPSA) is 58.1 Å². The second-order valence-corrected chi connectivity index (χ2v) is 6.38. The Balaban J connectivity index is 1.74. The van der Waals surface area contributed by atoms with Crippen LogP contribution in [0.15, 0.2) is 60.9 Å². The van der Waals surface area contributed by atoms with Gasteiger partial charge in [0, 0.05) is 25.3 Å². The predicted molar refractivity (Wildman–Crippen MR) is 104 cm³/mol. The number of carbonyl (C=O) groups is 1. The molecule has 3 aromatic rings. The van der Waals surface area contributed by atoms with Gasteiger partial charge in [0.05, 0.1) is 0 Å². The summed E-state index contributed by atoms with van der Waals surface area (Å²) in [5.41, 5.74) is 4.49. The third kappa shape index (κ3) is 4.25. The lowest BCUT2D eigenvalue weighted by Gasteiger charge is -2.18. The molecule has 0 saturated carbocycles. The first kappa shape index (κ1) is 17.6. The van der Waals surface area contributed by atoms with Crippen LogP contribution < -0.4 is 10.2 Å². The third-order valence-corrected chi connectivity index (χ3v) is 4.17. The highest BCUT2D eigenvalue weighted by Gasteiger charge is 2.12. The van der Waals surface area contributed by atoms with Gasteiger partial charge in [0.25, 0.3) is 5.91 Å². The van der Waals surface area contributed by atoms with Crippen molar-refractivity contribution in [1.82, 2.24) is 9.97 Å². The Labute approximate surface area is 153 Å². The normalized spacial score (nSPS) is 10.4. The van der Waals surface area contributed by atoms with Gasteiger partial charge < -0.3 is 10.2 Å². The molecule has 5 heteroatoms. The molecular weight excluding hydrogens is 324 g/mol. The summed E-state index contributed by atoms with van der Waals surface area (Å²) >= 11 is 0. The zero-order valence-corrected chi connectivity index (χ0v) is 15.2. The number of anilines is 2. The fraction of sp³-hybridized carbons (Fsp3) is 0.190. The lowest BCUT2D eigenvalue weighted by Crippen LogP contribution is -2.20. The van der Waals surface area contributed by atoms with Crippen molar-refractivity contribution in [2.45, 2.75) is 20.4 Å². The maximum absolute atomic E-state index is 12.6. The highest BCUT2D eigenvalue weighted by Crippen LogP contribution is 2.18. The summed E-state index contributed by atoms with van der Waals surface area (Å²) in [6.45, 7) is 4.70. The van der Waals surface area contributed by atoms with Crippen LogP contribution in [0.5, 0.6) is 0 Å².